The molecule has 114 valence electrons. The lowest BCUT2D eigenvalue weighted by molar-refractivity contribution is -0.136. The average molecular weight is 298 g/mol. The minimum Gasteiger partial charge on any atom is -0.340 e. The normalized spacial score (nSPS) is 11.5. The molecule has 0 aliphatic rings. The molecule has 2 N–H and O–H groups in total. The first kappa shape index (κ1) is 15.7. The lowest BCUT2D eigenvalue weighted by atomic mass is 10.2. The van der Waals surface area contributed by atoms with E-state index in [0.29, 0.717) is 5.56 Å². The van der Waals surface area contributed by atoms with Gasteiger partial charge in [-0.3, -0.25) is 14.4 Å². The zero-order chi connectivity index (χ0) is 15.8. The van der Waals surface area contributed by atoms with E-state index in [0.717, 1.165) is 5.56 Å². The predicted octanol–water partition coefficient (Wildman–Crippen LogP) is 2.05. The van der Waals surface area contributed by atoms with Crippen molar-refractivity contribution in [2.45, 2.75) is 19.6 Å². The summed E-state index contributed by atoms with van der Waals surface area (Å²) in [7, 11) is 0. The Labute approximate surface area is 129 Å². The summed E-state index contributed by atoms with van der Waals surface area (Å²) in [4.78, 5) is 28.9. The van der Waals surface area contributed by atoms with E-state index in [2.05, 4.69) is 10.8 Å². The summed E-state index contributed by atoms with van der Waals surface area (Å²) >= 11 is 0. The third-order valence-electron chi connectivity index (χ3n) is 3.03. The second-order valence-electron chi connectivity index (χ2n) is 4.80. The van der Waals surface area contributed by atoms with Crippen LogP contribution in [-0.4, -0.2) is 17.9 Å². The molecule has 0 aliphatic carbocycles. The molecule has 22 heavy (non-hydrogen) atoms. The third-order valence-corrected chi connectivity index (χ3v) is 3.03. The van der Waals surface area contributed by atoms with E-state index < -0.39 is 11.9 Å². The topological polar surface area (TPSA) is 67.4 Å². The molecule has 2 amide bonds. The van der Waals surface area contributed by atoms with Crippen LogP contribution in [0.5, 0.6) is 0 Å². The summed E-state index contributed by atoms with van der Waals surface area (Å²) in [5.41, 5.74) is 3.79. The molecule has 0 aromatic heterocycles. The SMILES string of the molecule is CC(NC(=O)c1ccccc1)C(=O)NOCc1ccccc1. The van der Waals surface area contributed by atoms with Gasteiger partial charge in [-0.05, 0) is 24.6 Å². The van der Waals surface area contributed by atoms with Crippen molar-refractivity contribution < 1.29 is 14.4 Å². The van der Waals surface area contributed by atoms with Crippen molar-refractivity contribution in [2.24, 2.45) is 0 Å². The lowest BCUT2D eigenvalue weighted by Crippen LogP contribution is -2.44. The van der Waals surface area contributed by atoms with Crippen LogP contribution in [0, 0.1) is 0 Å². The van der Waals surface area contributed by atoms with Crippen LogP contribution in [0.1, 0.15) is 22.8 Å². The standard InChI is InChI=1S/C17H18N2O3/c1-13(18-17(21)15-10-6-3-7-11-15)16(20)19-22-12-14-8-4-2-5-9-14/h2-11,13H,12H2,1H3,(H,18,21)(H,19,20). The number of carbonyl (C=O) groups is 2. The number of benzene rings is 2. The van der Waals surface area contributed by atoms with Crippen LogP contribution in [0.2, 0.25) is 0 Å². The Balaban J connectivity index is 1.76. The number of carbonyl (C=O) groups excluding carboxylic acids is 2. The fourth-order valence-corrected chi connectivity index (χ4v) is 1.79. The maximum Gasteiger partial charge on any atom is 0.265 e. The first-order chi connectivity index (χ1) is 10.7. The zero-order valence-electron chi connectivity index (χ0n) is 12.3. The first-order valence-electron chi connectivity index (χ1n) is 6.98. The molecule has 1 unspecified atom stereocenters. The number of rotatable bonds is 6. The highest BCUT2D eigenvalue weighted by molar-refractivity contribution is 5.97. The smallest absolute Gasteiger partial charge is 0.265 e. The molecule has 2 aromatic carbocycles. The van der Waals surface area contributed by atoms with Gasteiger partial charge in [-0.25, -0.2) is 5.48 Å². The fraction of sp³-hybridized carbons (Fsp3) is 0.176. The fourth-order valence-electron chi connectivity index (χ4n) is 1.79. The van der Waals surface area contributed by atoms with Crippen LogP contribution in [0.4, 0.5) is 0 Å². The average Bonchev–Trinajstić information content (AvgIpc) is 2.56. The molecular weight excluding hydrogens is 280 g/mol. The van der Waals surface area contributed by atoms with Gasteiger partial charge in [-0.1, -0.05) is 48.5 Å². The molecule has 0 aliphatic heterocycles. The molecule has 2 aromatic rings. The third kappa shape index (κ3) is 4.71. The van der Waals surface area contributed by atoms with Crippen molar-refractivity contribution in [1.29, 1.82) is 0 Å². The Bertz CT molecular complexity index is 614. The lowest BCUT2D eigenvalue weighted by Gasteiger charge is -2.14. The van der Waals surface area contributed by atoms with Crippen molar-refractivity contribution in [1.82, 2.24) is 10.8 Å². The molecule has 0 saturated heterocycles. The largest absolute Gasteiger partial charge is 0.340 e. The van der Waals surface area contributed by atoms with Gasteiger partial charge < -0.3 is 5.32 Å². The monoisotopic (exact) mass is 298 g/mol. The van der Waals surface area contributed by atoms with Crippen LogP contribution in [-0.2, 0) is 16.2 Å². The molecule has 0 bridgehead atoms. The van der Waals surface area contributed by atoms with Gasteiger partial charge in [0.1, 0.15) is 6.04 Å². The van der Waals surface area contributed by atoms with Gasteiger partial charge in [0.05, 0.1) is 6.61 Å². The van der Waals surface area contributed by atoms with Crippen LogP contribution in [0.25, 0.3) is 0 Å². The first-order valence-corrected chi connectivity index (χ1v) is 6.98. The van der Waals surface area contributed by atoms with E-state index in [1.807, 2.05) is 36.4 Å². The molecule has 0 heterocycles. The van der Waals surface area contributed by atoms with Crippen molar-refractivity contribution in [3.8, 4) is 0 Å². The van der Waals surface area contributed by atoms with Crippen molar-refractivity contribution in [3.63, 3.8) is 0 Å². The summed E-state index contributed by atoms with van der Waals surface area (Å²) in [5, 5.41) is 2.61. The molecule has 1 atom stereocenters. The van der Waals surface area contributed by atoms with Gasteiger partial charge in [-0.15, -0.1) is 0 Å². The van der Waals surface area contributed by atoms with Crippen LogP contribution in [0.15, 0.2) is 60.7 Å². The Morgan fingerprint density at radius 1 is 1.00 bits per heavy atom. The highest BCUT2D eigenvalue weighted by Gasteiger charge is 2.16. The second kappa shape index (κ2) is 7.95. The molecule has 2 rings (SSSR count). The Morgan fingerprint density at radius 3 is 2.23 bits per heavy atom. The summed E-state index contributed by atoms with van der Waals surface area (Å²) in [6.07, 6.45) is 0. The molecule has 0 spiro atoms. The minimum absolute atomic E-state index is 0.270. The number of amides is 2. The number of hydrogen-bond acceptors (Lipinski definition) is 3. The Kier molecular flexibility index (Phi) is 5.68. The van der Waals surface area contributed by atoms with Gasteiger partial charge in [0, 0.05) is 5.56 Å². The summed E-state index contributed by atoms with van der Waals surface area (Å²) in [5.74, 6) is -0.702. The zero-order valence-corrected chi connectivity index (χ0v) is 12.3. The van der Waals surface area contributed by atoms with E-state index in [1.54, 1.807) is 31.2 Å². The van der Waals surface area contributed by atoms with Crippen molar-refractivity contribution >= 4 is 11.8 Å². The molecule has 0 fully saturated rings. The summed E-state index contributed by atoms with van der Waals surface area (Å²) in [6.45, 7) is 1.87. The highest BCUT2D eigenvalue weighted by atomic mass is 16.6. The van der Waals surface area contributed by atoms with E-state index in [4.69, 9.17) is 4.84 Å². The number of hydrogen-bond donors (Lipinski definition) is 2. The van der Waals surface area contributed by atoms with E-state index >= 15 is 0 Å². The van der Waals surface area contributed by atoms with Gasteiger partial charge in [0.15, 0.2) is 0 Å². The quantitative estimate of drug-likeness (QED) is 0.802. The number of nitrogens with one attached hydrogen (secondary N) is 2. The van der Waals surface area contributed by atoms with Gasteiger partial charge in [0.2, 0.25) is 0 Å². The maximum absolute atomic E-state index is 11.9. The van der Waals surface area contributed by atoms with E-state index in [9.17, 15) is 9.59 Å². The number of hydroxylamine groups is 1. The van der Waals surface area contributed by atoms with Crippen LogP contribution >= 0.6 is 0 Å². The van der Waals surface area contributed by atoms with Gasteiger partial charge >= 0.3 is 0 Å². The van der Waals surface area contributed by atoms with Gasteiger partial charge in [0.25, 0.3) is 11.8 Å². The molecule has 5 heteroatoms. The molecule has 0 radical (unpaired) electrons. The molecular formula is C17H18N2O3. The van der Waals surface area contributed by atoms with Gasteiger partial charge in [-0.2, -0.15) is 0 Å². The molecule has 5 nitrogen and oxygen atoms in total. The molecule has 0 saturated carbocycles. The second-order valence-corrected chi connectivity index (χ2v) is 4.80. The highest BCUT2D eigenvalue weighted by Crippen LogP contribution is 2.00. The Hall–Kier alpha value is -2.66. The Morgan fingerprint density at radius 2 is 1.59 bits per heavy atom. The predicted molar refractivity (Wildman–Crippen MR) is 82.7 cm³/mol. The summed E-state index contributed by atoms with van der Waals surface area (Å²) in [6, 6.07) is 17.5. The minimum atomic E-state index is -0.691. The van der Waals surface area contributed by atoms with E-state index in [-0.39, 0.29) is 12.5 Å². The van der Waals surface area contributed by atoms with Crippen molar-refractivity contribution in [2.75, 3.05) is 0 Å². The van der Waals surface area contributed by atoms with Crippen LogP contribution in [0.3, 0.4) is 0 Å². The summed E-state index contributed by atoms with van der Waals surface area (Å²) < 4.78 is 0. The maximum atomic E-state index is 11.9. The van der Waals surface area contributed by atoms with Crippen molar-refractivity contribution in [3.05, 3.63) is 71.8 Å². The van der Waals surface area contributed by atoms with E-state index in [1.165, 1.54) is 0 Å². The van der Waals surface area contributed by atoms with Crippen LogP contribution < -0.4 is 10.8 Å².